The van der Waals surface area contributed by atoms with Crippen molar-refractivity contribution in [1.29, 1.82) is 0 Å². The lowest BCUT2D eigenvalue weighted by molar-refractivity contribution is -0.116. The van der Waals surface area contributed by atoms with Gasteiger partial charge < -0.3 is 10.2 Å². The van der Waals surface area contributed by atoms with E-state index in [0.717, 1.165) is 42.9 Å². The topological polar surface area (TPSA) is 67.2 Å². The Balaban J connectivity index is 1.50. The molecule has 0 saturated carbocycles. The first-order valence-corrected chi connectivity index (χ1v) is 11.4. The summed E-state index contributed by atoms with van der Waals surface area (Å²) in [5, 5.41) is 4.10. The molecular formula is C25H27ClN4O2. The molecule has 0 atom stereocenters. The number of hydrogen-bond donors (Lipinski definition) is 1. The second-order valence-corrected chi connectivity index (χ2v) is 8.36. The van der Waals surface area contributed by atoms with Gasteiger partial charge in [-0.3, -0.25) is 14.2 Å². The van der Waals surface area contributed by atoms with Gasteiger partial charge in [-0.05, 0) is 67.1 Å². The highest BCUT2D eigenvalue weighted by Crippen LogP contribution is 2.28. The predicted molar refractivity (Wildman–Crippen MR) is 131 cm³/mol. The maximum Gasteiger partial charge on any atom is 0.261 e. The van der Waals surface area contributed by atoms with E-state index >= 15 is 0 Å². The Bertz CT molecular complexity index is 1230. The number of anilines is 1. The molecule has 3 aromatic rings. The fourth-order valence-corrected chi connectivity index (χ4v) is 4.18. The van der Waals surface area contributed by atoms with E-state index in [9.17, 15) is 9.59 Å². The molecule has 6 nitrogen and oxygen atoms in total. The number of nitrogens with zero attached hydrogens (tertiary/aromatic N) is 3. The van der Waals surface area contributed by atoms with Crippen molar-refractivity contribution in [2.45, 2.75) is 33.2 Å². The standard InChI is InChI=1S/C25H27ClN4O2/c1-3-29(4-2)13-12-23(31)27-20-8-5-17(6-9-20)15-18-11-14-30-24(18)28-22-16-19(26)7-10-21(22)25(30)32/h5-10,15-16H,3-4,11-14H2,1-2H3,(H,27,31)/b18-15+. The molecule has 1 aromatic heterocycles. The summed E-state index contributed by atoms with van der Waals surface area (Å²) in [4.78, 5) is 32.0. The van der Waals surface area contributed by atoms with Crippen LogP contribution < -0.4 is 10.9 Å². The highest BCUT2D eigenvalue weighted by atomic mass is 35.5. The molecule has 0 bridgehead atoms. The van der Waals surface area contributed by atoms with Gasteiger partial charge in [-0.15, -0.1) is 0 Å². The highest BCUT2D eigenvalue weighted by molar-refractivity contribution is 6.31. The van der Waals surface area contributed by atoms with Gasteiger partial charge in [-0.25, -0.2) is 4.98 Å². The number of benzene rings is 2. The van der Waals surface area contributed by atoms with Gasteiger partial charge in [-0.1, -0.05) is 37.6 Å². The monoisotopic (exact) mass is 450 g/mol. The van der Waals surface area contributed by atoms with Crippen LogP contribution in [0.5, 0.6) is 0 Å². The second kappa shape index (κ2) is 9.67. The SMILES string of the molecule is CCN(CC)CCC(=O)Nc1ccc(/C=C2\CCn3c2nc2cc(Cl)ccc2c3=O)cc1. The molecule has 1 N–H and O–H groups in total. The van der Waals surface area contributed by atoms with Crippen LogP contribution in [0.2, 0.25) is 5.02 Å². The Morgan fingerprint density at radius 2 is 1.94 bits per heavy atom. The molecule has 0 aliphatic carbocycles. The van der Waals surface area contributed by atoms with Crippen molar-refractivity contribution in [3.63, 3.8) is 0 Å². The van der Waals surface area contributed by atoms with Crippen LogP contribution in [-0.4, -0.2) is 40.0 Å². The third-order valence-corrected chi connectivity index (χ3v) is 6.13. The Morgan fingerprint density at radius 1 is 1.19 bits per heavy atom. The third-order valence-electron chi connectivity index (χ3n) is 5.89. The first-order chi connectivity index (χ1) is 15.5. The molecular weight excluding hydrogens is 424 g/mol. The molecule has 0 saturated heterocycles. The maximum absolute atomic E-state index is 12.8. The van der Waals surface area contributed by atoms with E-state index in [2.05, 4.69) is 24.1 Å². The summed E-state index contributed by atoms with van der Waals surface area (Å²) in [5.41, 5.74) is 3.37. The van der Waals surface area contributed by atoms with E-state index in [0.29, 0.717) is 34.7 Å². The van der Waals surface area contributed by atoms with Gasteiger partial charge in [0.2, 0.25) is 5.91 Å². The predicted octanol–water partition coefficient (Wildman–Crippen LogP) is 4.66. The van der Waals surface area contributed by atoms with Gasteiger partial charge in [0.1, 0.15) is 5.82 Å². The molecule has 7 heteroatoms. The molecule has 166 valence electrons. The van der Waals surface area contributed by atoms with Crippen LogP contribution >= 0.6 is 11.6 Å². The van der Waals surface area contributed by atoms with Crippen molar-refractivity contribution in [2.24, 2.45) is 0 Å². The number of halogens is 1. The number of fused-ring (bicyclic) bond motifs is 2. The largest absolute Gasteiger partial charge is 0.326 e. The van der Waals surface area contributed by atoms with Crippen LogP contribution in [0.4, 0.5) is 5.69 Å². The van der Waals surface area contributed by atoms with E-state index in [1.807, 2.05) is 30.3 Å². The average molecular weight is 451 g/mol. The highest BCUT2D eigenvalue weighted by Gasteiger charge is 2.21. The summed E-state index contributed by atoms with van der Waals surface area (Å²) in [6, 6.07) is 12.9. The minimum absolute atomic E-state index is 0.0156. The summed E-state index contributed by atoms with van der Waals surface area (Å²) >= 11 is 6.09. The van der Waals surface area contributed by atoms with Crippen LogP contribution in [0.15, 0.2) is 47.3 Å². The maximum atomic E-state index is 12.8. The fraction of sp³-hybridized carbons (Fsp3) is 0.320. The summed E-state index contributed by atoms with van der Waals surface area (Å²) in [6.45, 7) is 7.46. The molecule has 0 radical (unpaired) electrons. The smallest absolute Gasteiger partial charge is 0.261 e. The van der Waals surface area contributed by atoms with Crippen molar-refractivity contribution < 1.29 is 4.79 Å². The number of carbonyl (C=O) groups excluding carboxylic acids is 1. The van der Waals surface area contributed by atoms with Gasteiger partial charge in [-0.2, -0.15) is 0 Å². The molecule has 1 aliphatic heterocycles. The summed E-state index contributed by atoms with van der Waals surface area (Å²) in [5.74, 6) is 0.709. The molecule has 0 unspecified atom stereocenters. The molecule has 1 aliphatic rings. The minimum atomic E-state index is -0.0344. The second-order valence-electron chi connectivity index (χ2n) is 7.92. The van der Waals surface area contributed by atoms with Crippen molar-refractivity contribution >= 4 is 45.7 Å². The van der Waals surface area contributed by atoms with Crippen LogP contribution in [0.1, 0.15) is 38.1 Å². The van der Waals surface area contributed by atoms with Crippen LogP contribution in [0.3, 0.4) is 0 Å². The van der Waals surface area contributed by atoms with Crippen molar-refractivity contribution in [2.75, 3.05) is 25.0 Å². The number of rotatable bonds is 7. The lowest BCUT2D eigenvalue weighted by atomic mass is 10.1. The Morgan fingerprint density at radius 3 is 2.66 bits per heavy atom. The van der Waals surface area contributed by atoms with E-state index in [-0.39, 0.29) is 11.5 Å². The normalized spacial score (nSPS) is 14.3. The number of nitrogens with one attached hydrogen (secondary N) is 1. The minimum Gasteiger partial charge on any atom is -0.326 e. The zero-order chi connectivity index (χ0) is 22.7. The Kier molecular flexibility index (Phi) is 6.72. The summed E-state index contributed by atoms with van der Waals surface area (Å²) < 4.78 is 1.73. The number of allylic oxidation sites excluding steroid dienone is 1. The molecule has 2 heterocycles. The molecule has 32 heavy (non-hydrogen) atoms. The zero-order valence-electron chi connectivity index (χ0n) is 18.4. The molecule has 1 amide bonds. The fourth-order valence-electron chi connectivity index (χ4n) is 4.01. The first-order valence-electron chi connectivity index (χ1n) is 11.0. The van der Waals surface area contributed by atoms with E-state index in [1.165, 1.54) is 0 Å². The van der Waals surface area contributed by atoms with E-state index in [4.69, 9.17) is 16.6 Å². The van der Waals surface area contributed by atoms with Crippen molar-refractivity contribution in [3.8, 4) is 0 Å². The summed E-state index contributed by atoms with van der Waals surface area (Å²) in [7, 11) is 0. The van der Waals surface area contributed by atoms with Crippen molar-refractivity contribution in [3.05, 3.63) is 69.2 Å². The lowest BCUT2D eigenvalue weighted by Crippen LogP contribution is -2.27. The van der Waals surface area contributed by atoms with E-state index in [1.54, 1.807) is 22.8 Å². The molecule has 4 rings (SSSR count). The van der Waals surface area contributed by atoms with Crippen LogP contribution in [0, 0.1) is 0 Å². The number of aromatic nitrogens is 2. The van der Waals surface area contributed by atoms with Gasteiger partial charge >= 0.3 is 0 Å². The number of amides is 1. The average Bonchev–Trinajstić information content (AvgIpc) is 3.18. The first kappa shape index (κ1) is 22.2. The van der Waals surface area contributed by atoms with Crippen LogP contribution in [0.25, 0.3) is 22.6 Å². The van der Waals surface area contributed by atoms with Crippen molar-refractivity contribution in [1.82, 2.24) is 14.5 Å². The van der Waals surface area contributed by atoms with Gasteiger partial charge in [0, 0.05) is 30.2 Å². The number of carbonyl (C=O) groups is 1. The quantitative estimate of drug-likeness (QED) is 0.568. The van der Waals surface area contributed by atoms with Gasteiger partial charge in [0.15, 0.2) is 0 Å². The molecule has 0 spiro atoms. The van der Waals surface area contributed by atoms with Crippen LogP contribution in [-0.2, 0) is 11.3 Å². The van der Waals surface area contributed by atoms with E-state index < -0.39 is 0 Å². The lowest BCUT2D eigenvalue weighted by Gasteiger charge is -2.17. The zero-order valence-corrected chi connectivity index (χ0v) is 19.2. The third kappa shape index (κ3) is 4.76. The van der Waals surface area contributed by atoms with Gasteiger partial charge in [0.05, 0.1) is 10.9 Å². The molecule has 0 fully saturated rings. The van der Waals surface area contributed by atoms with Gasteiger partial charge in [0.25, 0.3) is 5.56 Å². The number of hydrogen-bond acceptors (Lipinski definition) is 4. The molecule has 2 aromatic carbocycles. The Hall–Kier alpha value is -2.96. The Labute approximate surface area is 192 Å². The summed E-state index contributed by atoms with van der Waals surface area (Å²) in [6.07, 6.45) is 3.27.